The number of piperazine rings is 1. The summed E-state index contributed by atoms with van der Waals surface area (Å²) in [5.41, 5.74) is 1.96. The maximum Gasteiger partial charge on any atom is 0.273 e. The number of furan rings is 1. The zero-order chi connectivity index (χ0) is 29.2. The molecule has 0 spiro atoms. The van der Waals surface area contributed by atoms with Crippen LogP contribution in [0.3, 0.4) is 0 Å². The Balaban J connectivity index is 1.12. The lowest BCUT2D eigenvalue weighted by molar-refractivity contribution is -0.384. The number of carbonyl (C=O) groups excluding carboxylic acids is 1. The Kier molecular flexibility index (Phi) is 8.16. The first-order valence-electron chi connectivity index (χ1n) is 12.7. The van der Waals surface area contributed by atoms with Gasteiger partial charge in [-0.3, -0.25) is 19.5 Å². The van der Waals surface area contributed by atoms with E-state index in [-0.39, 0.29) is 11.6 Å². The molecule has 0 N–H and O–H groups in total. The van der Waals surface area contributed by atoms with Crippen LogP contribution >= 0.6 is 46.3 Å². The molecule has 1 amide bonds. The number of amides is 1. The molecule has 1 aliphatic rings. The van der Waals surface area contributed by atoms with Crippen LogP contribution in [0.25, 0.3) is 17.3 Å². The molecule has 0 bridgehead atoms. The van der Waals surface area contributed by atoms with Gasteiger partial charge >= 0.3 is 0 Å². The predicted molar refractivity (Wildman–Crippen MR) is 162 cm³/mol. The quantitative estimate of drug-likeness (QED) is 0.107. The van der Waals surface area contributed by atoms with Gasteiger partial charge in [-0.25, -0.2) is 4.98 Å². The number of nitro benzene ring substituents is 1. The normalized spacial score (nSPS) is 13.5. The average Bonchev–Trinajstić information content (AvgIpc) is 3.78. The summed E-state index contributed by atoms with van der Waals surface area (Å²) in [7, 11) is 0. The van der Waals surface area contributed by atoms with Crippen LogP contribution in [0, 0.1) is 10.1 Å². The number of carbonyl (C=O) groups is 1. The number of halogens is 2. The number of non-ortho nitro benzene ring substituents is 1. The van der Waals surface area contributed by atoms with E-state index in [0.29, 0.717) is 70.1 Å². The number of hydrogen-bond donors (Lipinski definition) is 0. The first-order chi connectivity index (χ1) is 20.4. The summed E-state index contributed by atoms with van der Waals surface area (Å²) < 4.78 is 7.37. The number of benzene rings is 2. The fourth-order valence-electron chi connectivity index (χ4n) is 4.52. The van der Waals surface area contributed by atoms with Crippen molar-refractivity contribution >= 4 is 63.6 Å². The third-order valence-corrected chi connectivity index (χ3v) is 9.14. The van der Waals surface area contributed by atoms with Crippen LogP contribution in [0.4, 0.5) is 11.4 Å². The maximum atomic E-state index is 13.2. The van der Waals surface area contributed by atoms with Crippen molar-refractivity contribution in [1.82, 2.24) is 24.6 Å². The number of rotatable bonds is 8. The second kappa shape index (κ2) is 12.1. The molecule has 5 aromatic rings. The molecule has 1 aliphatic heterocycles. The fraction of sp³-hybridized carbons (Fsp3) is 0.185. The minimum Gasteiger partial charge on any atom is -0.461 e. The van der Waals surface area contributed by atoms with Crippen LogP contribution < -0.4 is 4.90 Å². The highest BCUT2D eigenvalue weighted by molar-refractivity contribution is 7.98. The average molecular weight is 643 g/mol. The van der Waals surface area contributed by atoms with Gasteiger partial charge in [-0.15, -0.1) is 21.5 Å². The molecule has 15 heteroatoms. The van der Waals surface area contributed by atoms with E-state index < -0.39 is 4.92 Å². The summed E-state index contributed by atoms with van der Waals surface area (Å²) in [4.78, 5) is 32.2. The summed E-state index contributed by atoms with van der Waals surface area (Å²) >= 11 is 15.6. The molecule has 1 fully saturated rings. The Morgan fingerprint density at radius 3 is 2.57 bits per heavy atom. The smallest absolute Gasteiger partial charge is 0.273 e. The van der Waals surface area contributed by atoms with Crippen molar-refractivity contribution in [2.75, 3.05) is 31.1 Å². The third-order valence-electron chi connectivity index (χ3n) is 6.61. The van der Waals surface area contributed by atoms with E-state index >= 15 is 0 Å². The van der Waals surface area contributed by atoms with Gasteiger partial charge in [-0.1, -0.05) is 35.0 Å². The van der Waals surface area contributed by atoms with Crippen LogP contribution in [-0.2, 0) is 5.75 Å². The van der Waals surface area contributed by atoms with Gasteiger partial charge in [0.2, 0.25) is 5.82 Å². The molecule has 0 aliphatic carbocycles. The second-order valence-corrected chi connectivity index (χ2v) is 11.9. The molecular weight excluding hydrogens is 621 g/mol. The van der Waals surface area contributed by atoms with E-state index in [1.807, 2.05) is 0 Å². The van der Waals surface area contributed by atoms with Gasteiger partial charge in [0.05, 0.1) is 27.6 Å². The van der Waals surface area contributed by atoms with Crippen molar-refractivity contribution in [2.45, 2.75) is 10.9 Å². The Labute approximate surface area is 257 Å². The minimum atomic E-state index is -0.418. The molecule has 0 radical (unpaired) electrons. The van der Waals surface area contributed by atoms with Gasteiger partial charge in [-0.2, -0.15) is 0 Å². The number of aromatic nitrogens is 4. The molecule has 11 nitrogen and oxygen atoms in total. The van der Waals surface area contributed by atoms with E-state index in [1.165, 1.54) is 35.2 Å². The summed E-state index contributed by atoms with van der Waals surface area (Å²) in [6, 6.07) is 15.2. The Hall–Kier alpha value is -3.91. The molecule has 4 heterocycles. The molecule has 214 valence electrons. The zero-order valence-corrected chi connectivity index (χ0v) is 24.9. The van der Waals surface area contributed by atoms with Crippen molar-refractivity contribution in [3.05, 3.63) is 97.1 Å². The van der Waals surface area contributed by atoms with Gasteiger partial charge in [0.25, 0.3) is 11.6 Å². The lowest BCUT2D eigenvalue weighted by atomic mass is 10.2. The third kappa shape index (κ3) is 5.86. The number of hydrogen-bond acceptors (Lipinski definition) is 10. The number of nitrogens with zero attached hydrogens (tertiary/aromatic N) is 7. The highest BCUT2D eigenvalue weighted by Gasteiger charge is 2.25. The van der Waals surface area contributed by atoms with Crippen LogP contribution in [0.15, 0.2) is 75.8 Å². The van der Waals surface area contributed by atoms with Crippen molar-refractivity contribution in [3.8, 4) is 17.3 Å². The summed E-state index contributed by atoms with van der Waals surface area (Å²) in [5.74, 6) is 1.34. The van der Waals surface area contributed by atoms with E-state index in [2.05, 4.69) is 20.1 Å². The standard InChI is InChI=1S/C27H21Cl2N7O4S2/c28-17-3-8-20(29)22(14-17)35-25(23-2-1-13-40-23)31-32-27(35)42-16-24-30-21(15-41-24)26(37)34-11-9-33(10-12-34)18-4-6-19(7-5-18)36(38)39/h1-8,13-15H,9-12,16H2. The SMILES string of the molecule is O=C(c1csc(CSc2nnc(-c3ccco3)n2-c2cc(Cl)ccc2Cl)n1)N1CCN(c2ccc([N+](=O)[O-])cc2)CC1. The minimum absolute atomic E-state index is 0.0523. The first kappa shape index (κ1) is 28.2. The molecule has 0 unspecified atom stereocenters. The second-order valence-electron chi connectivity index (χ2n) is 9.18. The van der Waals surface area contributed by atoms with Crippen molar-refractivity contribution < 1.29 is 14.1 Å². The number of anilines is 1. The summed E-state index contributed by atoms with van der Waals surface area (Å²) in [6.07, 6.45) is 1.56. The van der Waals surface area contributed by atoms with Crippen molar-refractivity contribution in [3.63, 3.8) is 0 Å². The fourth-order valence-corrected chi connectivity index (χ4v) is 6.62. The zero-order valence-electron chi connectivity index (χ0n) is 21.7. The predicted octanol–water partition coefficient (Wildman–Crippen LogP) is 6.45. The topological polar surface area (TPSA) is 123 Å². The molecule has 3 aromatic heterocycles. The molecule has 42 heavy (non-hydrogen) atoms. The molecule has 2 aromatic carbocycles. The molecule has 1 saturated heterocycles. The van der Waals surface area contributed by atoms with Crippen LogP contribution in [-0.4, -0.2) is 61.7 Å². The van der Waals surface area contributed by atoms with Crippen LogP contribution in [0.2, 0.25) is 10.0 Å². The van der Waals surface area contributed by atoms with Gasteiger partial charge in [0, 0.05) is 54.4 Å². The number of thioether (sulfide) groups is 1. The van der Waals surface area contributed by atoms with E-state index in [9.17, 15) is 14.9 Å². The van der Waals surface area contributed by atoms with Gasteiger partial charge in [0.1, 0.15) is 10.7 Å². The van der Waals surface area contributed by atoms with Gasteiger partial charge in [0.15, 0.2) is 10.9 Å². The van der Waals surface area contributed by atoms with E-state index in [1.54, 1.807) is 63.6 Å². The lowest BCUT2D eigenvalue weighted by Gasteiger charge is -2.35. The highest BCUT2D eigenvalue weighted by atomic mass is 35.5. The molecular formula is C27H21Cl2N7O4S2. The van der Waals surface area contributed by atoms with Crippen molar-refractivity contribution in [2.24, 2.45) is 0 Å². The Morgan fingerprint density at radius 1 is 1.07 bits per heavy atom. The van der Waals surface area contributed by atoms with E-state index in [0.717, 1.165) is 10.7 Å². The summed E-state index contributed by atoms with van der Waals surface area (Å²) in [6.45, 7) is 2.29. The van der Waals surface area contributed by atoms with Gasteiger partial charge < -0.3 is 14.2 Å². The first-order valence-corrected chi connectivity index (χ1v) is 15.3. The Bertz CT molecular complexity index is 1730. The number of nitro groups is 1. The largest absolute Gasteiger partial charge is 0.461 e. The van der Waals surface area contributed by atoms with Crippen molar-refractivity contribution in [1.29, 1.82) is 0 Å². The summed E-state index contributed by atoms with van der Waals surface area (Å²) in [5, 5.41) is 23.7. The van der Waals surface area contributed by atoms with Crippen LogP contribution in [0.1, 0.15) is 15.5 Å². The monoisotopic (exact) mass is 641 g/mol. The van der Waals surface area contributed by atoms with Gasteiger partial charge in [-0.05, 0) is 42.5 Å². The Morgan fingerprint density at radius 2 is 1.86 bits per heavy atom. The van der Waals surface area contributed by atoms with Crippen LogP contribution in [0.5, 0.6) is 0 Å². The van der Waals surface area contributed by atoms with E-state index in [4.69, 9.17) is 27.6 Å². The molecule has 0 atom stereocenters. The number of thiazole rings is 1. The molecule has 6 rings (SSSR count). The maximum absolute atomic E-state index is 13.2. The molecule has 0 saturated carbocycles. The lowest BCUT2D eigenvalue weighted by Crippen LogP contribution is -2.48. The highest BCUT2D eigenvalue weighted by Crippen LogP contribution is 2.34.